The number of phenolic OH excluding ortho intramolecular Hbond substituents is 1. The Labute approximate surface area is 72.2 Å². The van der Waals surface area contributed by atoms with Crippen molar-refractivity contribution in [2.24, 2.45) is 0 Å². The monoisotopic (exact) mass is 163 g/mol. The molecule has 1 aromatic rings. The molecule has 1 heterocycles. The van der Waals surface area contributed by atoms with Crippen molar-refractivity contribution < 1.29 is 5.11 Å². The first-order valence-electron chi connectivity index (χ1n) is 4.31. The summed E-state index contributed by atoms with van der Waals surface area (Å²) in [7, 11) is 0. The van der Waals surface area contributed by atoms with Gasteiger partial charge in [0.1, 0.15) is 5.75 Å². The van der Waals surface area contributed by atoms with Crippen molar-refractivity contribution in [1.82, 2.24) is 5.32 Å². The molecule has 1 atom stereocenters. The maximum atomic E-state index is 9.69. The minimum atomic E-state index is 0.380. The van der Waals surface area contributed by atoms with Gasteiger partial charge in [-0.2, -0.15) is 0 Å². The number of rotatable bonds is 1. The van der Waals surface area contributed by atoms with Crippen LogP contribution in [0.1, 0.15) is 23.6 Å². The average molecular weight is 163 g/mol. The molecule has 0 aliphatic carbocycles. The lowest BCUT2D eigenvalue weighted by atomic mass is 9.95. The van der Waals surface area contributed by atoms with Gasteiger partial charge in [-0.15, -0.1) is 0 Å². The minimum Gasteiger partial charge on any atom is -0.507 e. The molecule has 0 radical (unpaired) electrons. The lowest BCUT2D eigenvalue weighted by Gasteiger charge is -2.28. The quantitative estimate of drug-likeness (QED) is 0.661. The van der Waals surface area contributed by atoms with E-state index in [0.717, 1.165) is 24.1 Å². The molecule has 1 saturated heterocycles. The number of hydrogen-bond donors (Lipinski definition) is 2. The van der Waals surface area contributed by atoms with Crippen LogP contribution in [0.5, 0.6) is 5.75 Å². The van der Waals surface area contributed by atoms with Gasteiger partial charge in [-0.1, -0.05) is 18.2 Å². The third-order valence-corrected chi connectivity index (χ3v) is 2.47. The maximum absolute atomic E-state index is 9.69. The summed E-state index contributed by atoms with van der Waals surface area (Å²) in [6, 6.07) is 6.28. The molecule has 12 heavy (non-hydrogen) atoms. The molecule has 0 aromatic heterocycles. The topological polar surface area (TPSA) is 32.3 Å². The fraction of sp³-hybridized carbons (Fsp3) is 0.400. The van der Waals surface area contributed by atoms with E-state index in [0.29, 0.717) is 11.8 Å². The summed E-state index contributed by atoms with van der Waals surface area (Å²) in [6.45, 7) is 3.00. The zero-order valence-corrected chi connectivity index (χ0v) is 7.17. The number of aromatic hydroxyl groups is 1. The molecular formula is C10H13NO. The number of phenols is 1. The molecule has 0 bridgehead atoms. The summed E-state index contributed by atoms with van der Waals surface area (Å²) in [4.78, 5) is 0. The zero-order chi connectivity index (χ0) is 8.55. The molecule has 2 N–H and O–H groups in total. The Bertz CT molecular complexity index is 292. The van der Waals surface area contributed by atoms with Crippen molar-refractivity contribution in [3.8, 4) is 5.75 Å². The van der Waals surface area contributed by atoms with Gasteiger partial charge in [0.2, 0.25) is 0 Å². The van der Waals surface area contributed by atoms with E-state index in [9.17, 15) is 5.11 Å². The smallest absolute Gasteiger partial charge is 0.123 e. The Kier molecular flexibility index (Phi) is 1.77. The molecule has 0 spiro atoms. The summed E-state index contributed by atoms with van der Waals surface area (Å²) in [6.07, 6.45) is 1.14. The van der Waals surface area contributed by atoms with Gasteiger partial charge in [-0.3, -0.25) is 0 Å². The molecule has 1 fully saturated rings. The van der Waals surface area contributed by atoms with Gasteiger partial charge in [0.15, 0.2) is 0 Å². The predicted molar refractivity (Wildman–Crippen MR) is 48.2 cm³/mol. The average Bonchev–Trinajstić information content (AvgIpc) is 1.95. The lowest BCUT2D eigenvalue weighted by Crippen LogP contribution is -2.34. The van der Waals surface area contributed by atoms with Crippen molar-refractivity contribution in [3.05, 3.63) is 29.3 Å². The molecule has 1 aliphatic rings. The molecule has 0 saturated carbocycles. The third kappa shape index (κ3) is 1.08. The van der Waals surface area contributed by atoms with Crippen LogP contribution in [0, 0.1) is 6.92 Å². The molecule has 1 aliphatic heterocycles. The zero-order valence-electron chi connectivity index (χ0n) is 7.17. The van der Waals surface area contributed by atoms with Crippen LogP contribution in [0.25, 0.3) is 0 Å². The van der Waals surface area contributed by atoms with E-state index in [1.165, 1.54) is 0 Å². The molecule has 64 valence electrons. The fourth-order valence-electron chi connectivity index (χ4n) is 1.52. The number of nitrogens with one attached hydrogen (secondary N) is 1. The van der Waals surface area contributed by atoms with Crippen LogP contribution < -0.4 is 5.32 Å². The lowest BCUT2D eigenvalue weighted by molar-refractivity contribution is 0.363. The molecule has 2 heteroatoms. The van der Waals surface area contributed by atoms with Crippen molar-refractivity contribution in [1.29, 1.82) is 0 Å². The Morgan fingerprint density at radius 2 is 2.25 bits per heavy atom. The molecule has 1 aromatic carbocycles. The highest BCUT2D eigenvalue weighted by molar-refractivity contribution is 5.41. The highest BCUT2D eigenvalue weighted by Gasteiger charge is 2.21. The Balaban J connectivity index is 2.36. The minimum absolute atomic E-state index is 0.380. The van der Waals surface area contributed by atoms with E-state index < -0.39 is 0 Å². The fourth-order valence-corrected chi connectivity index (χ4v) is 1.52. The van der Waals surface area contributed by atoms with Crippen LogP contribution in [0.2, 0.25) is 0 Å². The van der Waals surface area contributed by atoms with E-state index in [4.69, 9.17) is 0 Å². The van der Waals surface area contributed by atoms with Gasteiger partial charge < -0.3 is 10.4 Å². The number of para-hydroxylation sites is 1. The van der Waals surface area contributed by atoms with Crippen LogP contribution >= 0.6 is 0 Å². The highest BCUT2D eigenvalue weighted by Crippen LogP contribution is 2.31. The normalized spacial score (nSPS) is 21.9. The highest BCUT2D eigenvalue weighted by atomic mass is 16.3. The van der Waals surface area contributed by atoms with E-state index in [2.05, 4.69) is 5.32 Å². The second-order valence-corrected chi connectivity index (χ2v) is 3.31. The third-order valence-electron chi connectivity index (χ3n) is 2.47. The predicted octanol–water partition coefficient (Wildman–Crippen LogP) is 1.74. The van der Waals surface area contributed by atoms with Crippen LogP contribution in [0.15, 0.2) is 18.2 Å². The van der Waals surface area contributed by atoms with Crippen molar-refractivity contribution in [3.63, 3.8) is 0 Å². The summed E-state index contributed by atoms with van der Waals surface area (Å²) >= 11 is 0. The van der Waals surface area contributed by atoms with Gasteiger partial charge in [0, 0.05) is 11.6 Å². The number of benzene rings is 1. The van der Waals surface area contributed by atoms with Crippen LogP contribution in [0.3, 0.4) is 0 Å². The largest absolute Gasteiger partial charge is 0.507 e. The van der Waals surface area contributed by atoms with Gasteiger partial charge in [0.25, 0.3) is 0 Å². The molecule has 2 nitrogen and oxygen atoms in total. The Hall–Kier alpha value is -1.02. The van der Waals surface area contributed by atoms with E-state index in [1.54, 1.807) is 0 Å². The van der Waals surface area contributed by atoms with Gasteiger partial charge >= 0.3 is 0 Å². The molecule has 0 unspecified atom stereocenters. The van der Waals surface area contributed by atoms with E-state index >= 15 is 0 Å². The molecule has 2 rings (SSSR count). The van der Waals surface area contributed by atoms with Crippen molar-refractivity contribution in [2.75, 3.05) is 6.54 Å². The first-order chi connectivity index (χ1) is 5.79. The van der Waals surface area contributed by atoms with Crippen LogP contribution in [-0.2, 0) is 0 Å². The second-order valence-electron chi connectivity index (χ2n) is 3.31. The van der Waals surface area contributed by atoms with Crippen molar-refractivity contribution in [2.45, 2.75) is 19.4 Å². The second kappa shape index (κ2) is 2.79. The summed E-state index contributed by atoms with van der Waals surface area (Å²) < 4.78 is 0. The Morgan fingerprint density at radius 1 is 1.50 bits per heavy atom. The van der Waals surface area contributed by atoms with Crippen LogP contribution in [0.4, 0.5) is 0 Å². The van der Waals surface area contributed by atoms with Crippen LogP contribution in [-0.4, -0.2) is 11.7 Å². The molecule has 0 amide bonds. The molecular weight excluding hydrogens is 150 g/mol. The van der Waals surface area contributed by atoms with E-state index in [-0.39, 0.29) is 0 Å². The summed E-state index contributed by atoms with van der Waals surface area (Å²) in [5, 5.41) is 13.0. The maximum Gasteiger partial charge on any atom is 0.123 e. The first-order valence-corrected chi connectivity index (χ1v) is 4.31. The Morgan fingerprint density at radius 3 is 2.83 bits per heavy atom. The SMILES string of the molecule is Cc1cccc([C@H]2CCN2)c1O. The van der Waals surface area contributed by atoms with Crippen molar-refractivity contribution >= 4 is 0 Å². The number of hydrogen-bond acceptors (Lipinski definition) is 2. The summed E-state index contributed by atoms with van der Waals surface area (Å²) in [5.41, 5.74) is 2.00. The van der Waals surface area contributed by atoms with Gasteiger partial charge in [-0.25, -0.2) is 0 Å². The van der Waals surface area contributed by atoms with Gasteiger partial charge in [-0.05, 0) is 25.5 Å². The number of aryl methyl sites for hydroxylation is 1. The van der Waals surface area contributed by atoms with E-state index in [1.807, 2.05) is 25.1 Å². The standard InChI is InChI=1S/C10H13NO/c1-7-3-2-4-8(10(7)12)9-5-6-11-9/h2-4,9,11-12H,5-6H2,1H3/t9-/m1/s1. The first kappa shape index (κ1) is 7.62. The van der Waals surface area contributed by atoms with Gasteiger partial charge in [0.05, 0.1) is 0 Å². The summed E-state index contributed by atoms with van der Waals surface area (Å²) in [5.74, 6) is 0.453.